The summed E-state index contributed by atoms with van der Waals surface area (Å²) in [5.74, 6) is -0.815. The van der Waals surface area contributed by atoms with Gasteiger partial charge >= 0.3 is 0 Å². The predicted molar refractivity (Wildman–Crippen MR) is 85.8 cm³/mol. The van der Waals surface area contributed by atoms with Crippen molar-refractivity contribution in [3.8, 4) is 0 Å². The molecule has 1 aliphatic heterocycles. The average molecular weight is 291 g/mol. The third kappa shape index (κ3) is 4.17. The Morgan fingerprint density at radius 2 is 1.76 bits per heavy atom. The van der Waals surface area contributed by atoms with Gasteiger partial charge in [-0.05, 0) is 43.5 Å². The number of hydrogen-bond acceptors (Lipinski definition) is 5. The molecule has 6 nitrogen and oxygen atoms in total. The number of piperidine rings is 1. The van der Waals surface area contributed by atoms with Crippen molar-refractivity contribution in [3.63, 3.8) is 0 Å². The molecule has 1 aromatic rings. The summed E-state index contributed by atoms with van der Waals surface area (Å²) in [7, 11) is 0. The molecule has 1 atom stereocenters. The Balaban J connectivity index is 1.97. The fourth-order valence-corrected chi connectivity index (χ4v) is 2.58. The number of nitrogens with two attached hydrogens (primary N) is 3. The number of benzene rings is 1. The molecule has 1 saturated heterocycles. The maximum Gasteiger partial charge on any atom is 0.231 e. The quantitative estimate of drug-likeness (QED) is 0.588. The first-order valence-corrected chi connectivity index (χ1v) is 7.49. The van der Waals surface area contributed by atoms with Gasteiger partial charge in [0.1, 0.15) is 0 Å². The van der Waals surface area contributed by atoms with Crippen LogP contribution < -0.4 is 27.4 Å². The number of nitrogens with zero attached hydrogens (tertiary/aromatic N) is 1. The molecule has 0 radical (unpaired) electrons. The Labute approximate surface area is 125 Å². The fourth-order valence-electron chi connectivity index (χ4n) is 2.58. The van der Waals surface area contributed by atoms with Crippen LogP contribution in [0.25, 0.3) is 0 Å². The molecule has 0 aliphatic carbocycles. The van der Waals surface area contributed by atoms with Gasteiger partial charge in [-0.15, -0.1) is 0 Å². The zero-order chi connectivity index (χ0) is 15.2. The van der Waals surface area contributed by atoms with Crippen LogP contribution in [0.1, 0.15) is 19.3 Å². The van der Waals surface area contributed by atoms with E-state index < -0.39 is 12.1 Å². The lowest BCUT2D eigenvalue weighted by atomic mass is 10.1. The van der Waals surface area contributed by atoms with Gasteiger partial charge in [0, 0.05) is 31.0 Å². The third-order valence-corrected chi connectivity index (χ3v) is 3.91. The molecular weight excluding hydrogens is 266 g/mol. The molecule has 1 aromatic carbocycles. The minimum atomic E-state index is -0.748. The van der Waals surface area contributed by atoms with Gasteiger partial charge in [-0.3, -0.25) is 4.79 Å². The van der Waals surface area contributed by atoms with Crippen molar-refractivity contribution >= 4 is 17.3 Å². The van der Waals surface area contributed by atoms with Crippen LogP contribution in [0.5, 0.6) is 0 Å². The number of anilines is 2. The summed E-state index contributed by atoms with van der Waals surface area (Å²) in [5.41, 5.74) is 18.6. The number of carbonyl (C=O) groups is 1. The van der Waals surface area contributed by atoms with E-state index in [0.717, 1.165) is 18.8 Å². The molecule has 0 aromatic heterocycles. The molecule has 2 rings (SSSR count). The van der Waals surface area contributed by atoms with Gasteiger partial charge in [-0.25, -0.2) is 0 Å². The zero-order valence-corrected chi connectivity index (χ0v) is 12.3. The van der Waals surface area contributed by atoms with Crippen molar-refractivity contribution in [2.24, 2.45) is 23.1 Å². The molecule has 1 amide bonds. The molecule has 116 valence electrons. The Morgan fingerprint density at radius 3 is 2.29 bits per heavy atom. The summed E-state index contributed by atoms with van der Waals surface area (Å²) in [5, 5.41) is 2.81. The lowest BCUT2D eigenvalue weighted by molar-refractivity contribution is -0.120. The first-order valence-electron chi connectivity index (χ1n) is 7.49. The predicted octanol–water partition coefficient (Wildman–Crippen LogP) is 0.434. The van der Waals surface area contributed by atoms with E-state index in [-0.39, 0.29) is 12.5 Å². The fraction of sp³-hybridized carbons (Fsp3) is 0.533. The molecule has 6 heteroatoms. The Bertz CT molecular complexity index is 454. The van der Waals surface area contributed by atoms with Crippen molar-refractivity contribution in [1.29, 1.82) is 0 Å². The van der Waals surface area contributed by atoms with Crippen LogP contribution >= 0.6 is 0 Å². The zero-order valence-electron chi connectivity index (χ0n) is 12.3. The monoisotopic (exact) mass is 291 g/mol. The molecule has 0 spiro atoms. The van der Waals surface area contributed by atoms with Crippen LogP contribution in [0, 0.1) is 5.92 Å². The van der Waals surface area contributed by atoms with E-state index in [4.69, 9.17) is 17.2 Å². The summed E-state index contributed by atoms with van der Waals surface area (Å²) in [6.45, 7) is 2.33. The van der Waals surface area contributed by atoms with Crippen LogP contribution in [0.3, 0.4) is 0 Å². The second-order valence-electron chi connectivity index (χ2n) is 5.50. The Morgan fingerprint density at radius 1 is 1.14 bits per heavy atom. The average Bonchev–Trinajstić information content (AvgIpc) is 2.49. The number of carbonyl (C=O) groups excluding carboxylic acids is 1. The SMILES string of the molecule is NCC(C(=O)Nc1ccc(N2CCCCC2)cc1)C(N)N. The number of nitrogens with one attached hydrogen (secondary N) is 1. The van der Waals surface area contributed by atoms with Crippen LogP contribution in [0.4, 0.5) is 11.4 Å². The van der Waals surface area contributed by atoms with E-state index in [1.807, 2.05) is 24.3 Å². The molecule has 0 bridgehead atoms. The standard InChI is InChI=1S/C15H25N5O/c16-10-13(14(17)18)15(21)19-11-4-6-12(7-5-11)20-8-2-1-3-9-20/h4-7,13-14H,1-3,8-10,16-18H2,(H,19,21). The molecule has 0 saturated carbocycles. The van der Waals surface area contributed by atoms with E-state index in [1.54, 1.807) is 0 Å². The Hall–Kier alpha value is -1.63. The summed E-state index contributed by atoms with van der Waals surface area (Å²) < 4.78 is 0. The third-order valence-electron chi connectivity index (χ3n) is 3.91. The van der Waals surface area contributed by atoms with E-state index in [1.165, 1.54) is 24.9 Å². The van der Waals surface area contributed by atoms with Crippen LogP contribution in [0.2, 0.25) is 0 Å². The highest BCUT2D eigenvalue weighted by molar-refractivity contribution is 5.93. The smallest absolute Gasteiger partial charge is 0.231 e. The van der Waals surface area contributed by atoms with Gasteiger partial charge in [-0.1, -0.05) is 0 Å². The van der Waals surface area contributed by atoms with E-state index in [9.17, 15) is 4.79 Å². The molecule has 21 heavy (non-hydrogen) atoms. The summed E-state index contributed by atoms with van der Waals surface area (Å²) in [6, 6.07) is 7.86. The number of amides is 1. The van der Waals surface area contributed by atoms with Gasteiger partial charge in [0.15, 0.2) is 0 Å². The Kier molecular flexibility index (Phi) is 5.55. The van der Waals surface area contributed by atoms with Gasteiger partial charge in [-0.2, -0.15) is 0 Å². The minimum Gasteiger partial charge on any atom is -0.372 e. The van der Waals surface area contributed by atoms with Crippen LogP contribution in [-0.2, 0) is 4.79 Å². The molecular formula is C15H25N5O. The van der Waals surface area contributed by atoms with E-state index in [0.29, 0.717) is 0 Å². The molecule has 1 unspecified atom stereocenters. The van der Waals surface area contributed by atoms with Crippen LogP contribution in [0.15, 0.2) is 24.3 Å². The first-order chi connectivity index (χ1) is 10.1. The highest BCUT2D eigenvalue weighted by Crippen LogP contribution is 2.22. The second kappa shape index (κ2) is 7.40. The van der Waals surface area contributed by atoms with Crippen molar-refractivity contribution < 1.29 is 4.79 Å². The molecule has 7 N–H and O–H groups in total. The number of rotatable bonds is 5. The molecule has 1 heterocycles. The molecule has 1 aliphatic rings. The van der Waals surface area contributed by atoms with Crippen LogP contribution in [-0.4, -0.2) is 31.7 Å². The molecule has 1 fully saturated rings. The lowest BCUT2D eigenvalue weighted by Crippen LogP contribution is -2.48. The second-order valence-corrected chi connectivity index (χ2v) is 5.50. The van der Waals surface area contributed by atoms with E-state index >= 15 is 0 Å². The lowest BCUT2D eigenvalue weighted by Gasteiger charge is -2.29. The maximum absolute atomic E-state index is 12.0. The van der Waals surface area contributed by atoms with Crippen molar-refractivity contribution in [1.82, 2.24) is 0 Å². The summed E-state index contributed by atoms with van der Waals surface area (Å²) >= 11 is 0. The highest BCUT2D eigenvalue weighted by atomic mass is 16.2. The first kappa shape index (κ1) is 15.8. The number of hydrogen-bond donors (Lipinski definition) is 4. The maximum atomic E-state index is 12.0. The topological polar surface area (TPSA) is 110 Å². The summed E-state index contributed by atoms with van der Waals surface area (Å²) in [6.07, 6.45) is 3.04. The highest BCUT2D eigenvalue weighted by Gasteiger charge is 2.21. The van der Waals surface area contributed by atoms with Gasteiger partial charge < -0.3 is 27.4 Å². The van der Waals surface area contributed by atoms with Crippen molar-refractivity contribution in [3.05, 3.63) is 24.3 Å². The van der Waals surface area contributed by atoms with Gasteiger partial charge in [0.25, 0.3) is 0 Å². The van der Waals surface area contributed by atoms with Crippen molar-refractivity contribution in [2.45, 2.75) is 25.4 Å². The van der Waals surface area contributed by atoms with Gasteiger partial charge in [0.05, 0.1) is 12.1 Å². The van der Waals surface area contributed by atoms with Gasteiger partial charge in [0.2, 0.25) is 5.91 Å². The normalized spacial score (nSPS) is 16.9. The summed E-state index contributed by atoms with van der Waals surface area (Å²) in [4.78, 5) is 14.4. The largest absolute Gasteiger partial charge is 0.372 e. The van der Waals surface area contributed by atoms with E-state index in [2.05, 4.69) is 10.2 Å². The van der Waals surface area contributed by atoms with Crippen molar-refractivity contribution in [2.75, 3.05) is 29.9 Å². The minimum absolute atomic E-state index is 0.134.